The summed E-state index contributed by atoms with van der Waals surface area (Å²) in [5.41, 5.74) is 2.37. The van der Waals surface area contributed by atoms with Gasteiger partial charge in [-0.2, -0.15) is 0 Å². The van der Waals surface area contributed by atoms with E-state index in [1.165, 1.54) is 7.11 Å². The molecule has 0 bridgehead atoms. The fourth-order valence-electron chi connectivity index (χ4n) is 2.32. The number of hydrogen-bond acceptors (Lipinski definition) is 4. The number of methoxy groups -OCH3 is 1. The minimum absolute atomic E-state index is 0.0653. The van der Waals surface area contributed by atoms with Crippen molar-refractivity contribution in [1.29, 1.82) is 0 Å². The van der Waals surface area contributed by atoms with Crippen LogP contribution >= 0.6 is 0 Å². The third kappa shape index (κ3) is 5.12. The molecule has 24 heavy (non-hydrogen) atoms. The van der Waals surface area contributed by atoms with Crippen LogP contribution in [0.25, 0.3) is 0 Å². The van der Waals surface area contributed by atoms with E-state index < -0.39 is 0 Å². The van der Waals surface area contributed by atoms with E-state index in [0.717, 1.165) is 11.3 Å². The van der Waals surface area contributed by atoms with E-state index in [-0.39, 0.29) is 11.9 Å². The molecule has 0 spiro atoms. The number of esters is 1. The van der Waals surface area contributed by atoms with Crippen LogP contribution in [0.2, 0.25) is 0 Å². The first-order valence-electron chi connectivity index (χ1n) is 7.80. The van der Waals surface area contributed by atoms with E-state index >= 15 is 0 Å². The lowest BCUT2D eigenvalue weighted by Crippen LogP contribution is -2.27. The predicted molar refractivity (Wildman–Crippen MR) is 93.8 cm³/mol. The smallest absolute Gasteiger partial charge is 0.337 e. The van der Waals surface area contributed by atoms with Gasteiger partial charge < -0.3 is 15.0 Å². The van der Waals surface area contributed by atoms with Crippen LogP contribution in [0.15, 0.2) is 54.6 Å². The average molecular weight is 326 g/mol. The van der Waals surface area contributed by atoms with Gasteiger partial charge in [0.25, 0.3) is 0 Å². The topological polar surface area (TPSA) is 58.6 Å². The van der Waals surface area contributed by atoms with E-state index in [0.29, 0.717) is 25.1 Å². The van der Waals surface area contributed by atoms with Gasteiger partial charge in [-0.25, -0.2) is 4.79 Å². The van der Waals surface area contributed by atoms with Gasteiger partial charge in [0.05, 0.1) is 12.7 Å². The summed E-state index contributed by atoms with van der Waals surface area (Å²) in [4.78, 5) is 25.4. The standard InChI is InChI=1S/C19H22N2O3/c1-21(14-15-7-4-3-5-8-15)18(22)11-12-20-17-10-6-9-16(13-17)19(23)24-2/h3-10,13,20H,11-12,14H2,1-2H3. The molecular formula is C19H22N2O3. The van der Waals surface area contributed by atoms with Crippen LogP contribution in [0.4, 0.5) is 5.69 Å². The van der Waals surface area contributed by atoms with Crippen molar-refractivity contribution >= 4 is 17.6 Å². The zero-order valence-electron chi connectivity index (χ0n) is 14.0. The van der Waals surface area contributed by atoms with Crippen LogP contribution in [0, 0.1) is 0 Å². The number of carbonyl (C=O) groups is 2. The van der Waals surface area contributed by atoms with E-state index in [4.69, 9.17) is 4.74 Å². The number of nitrogens with one attached hydrogen (secondary N) is 1. The molecule has 0 aliphatic rings. The van der Waals surface area contributed by atoms with Crippen LogP contribution in [0.1, 0.15) is 22.3 Å². The Balaban J connectivity index is 1.81. The number of hydrogen-bond donors (Lipinski definition) is 1. The monoisotopic (exact) mass is 326 g/mol. The van der Waals surface area contributed by atoms with Gasteiger partial charge >= 0.3 is 5.97 Å². The summed E-state index contributed by atoms with van der Waals surface area (Å²) in [6, 6.07) is 16.9. The van der Waals surface area contributed by atoms with Crippen LogP contribution in [0.5, 0.6) is 0 Å². The molecule has 0 aliphatic heterocycles. The lowest BCUT2D eigenvalue weighted by atomic mass is 10.2. The first kappa shape index (κ1) is 17.5. The lowest BCUT2D eigenvalue weighted by molar-refractivity contribution is -0.130. The van der Waals surface area contributed by atoms with Crippen molar-refractivity contribution in [1.82, 2.24) is 4.90 Å². The van der Waals surface area contributed by atoms with Crippen molar-refractivity contribution < 1.29 is 14.3 Å². The normalized spacial score (nSPS) is 10.1. The highest BCUT2D eigenvalue weighted by Crippen LogP contribution is 2.12. The first-order valence-corrected chi connectivity index (χ1v) is 7.80. The third-order valence-electron chi connectivity index (χ3n) is 3.64. The highest BCUT2D eigenvalue weighted by molar-refractivity contribution is 5.90. The molecular weight excluding hydrogens is 304 g/mol. The molecule has 2 aromatic carbocycles. The van der Waals surface area contributed by atoms with Crippen molar-refractivity contribution in [3.8, 4) is 0 Å². The highest BCUT2D eigenvalue weighted by atomic mass is 16.5. The van der Waals surface area contributed by atoms with E-state index in [2.05, 4.69) is 5.32 Å². The quantitative estimate of drug-likeness (QED) is 0.795. The largest absolute Gasteiger partial charge is 0.465 e. The summed E-state index contributed by atoms with van der Waals surface area (Å²) in [6.07, 6.45) is 0.381. The van der Waals surface area contributed by atoms with Gasteiger partial charge in [0, 0.05) is 32.2 Å². The molecule has 0 saturated heterocycles. The second kappa shape index (κ2) is 8.72. The van der Waals surface area contributed by atoms with E-state index in [1.807, 2.05) is 36.4 Å². The van der Waals surface area contributed by atoms with Gasteiger partial charge in [0.2, 0.25) is 5.91 Å². The van der Waals surface area contributed by atoms with Gasteiger partial charge in [0.1, 0.15) is 0 Å². The van der Waals surface area contributed by atoms with Crippen molar-refractivity contribution in [2.75, 3.05) is 26.0 Å². The number of anilines is 1. The maximum atomic E-state index is 12.2. The Morgan fingerprint density at radius 3 is 2.54 bits per heavy atom. The average Bonchev–Trinajstić information content (AvgIpc) is 2.62. The maximum absolute atomic E-state index is 12.2. The second-order valence-electron chi connectivity index (χ2n) is 5.48. The molecule has 0 atom stereocenters. The Morgan fingerprint density at radius 1 is 1.08 bits per heavy atom. The fraction of sp³-hybridized carbons (Fsp3) is 0.263. The van der Waals surface area contributed by atoms with Crippen LogP contribution in [0.3, 0.4) is 0 Å². The second-order valence-corrected chi connectivity index (χ2v) is 5.48. The van der Waals surface area contributed by atoms with Crippen LogP contribution in [-0.4, -0.2) is 37.5 Å². The van der Waals surface area contributed by atoms with Crippen molar-refractivity contribution in [2.24, 2.45) is 0 Å². The summed E-state index contributed by atoms with van der Waals surface area (Å²) in [6.45, 7) is 1.10. The number of rotatable bonds is 7. The van der Waals surface area contributed by atoms with Gasteiger partial charge in [-0.15, -0.1) is 0 Å². The van der Waals surface area contributed by atoms with Gasteiger partial charge in [-0.1, -0.05) is 36.4 Å². The fourth-order valence-corrected chi connectivity index (χ4v) is 2.32. The SMILES string of the molecule is COC(=O)c1cccc(NCCC(=O)N(C)Cc2ccccc2)c1. The molecule has 1 amide bonds. The van der Waals surface area contributed by atoms with Gasteiger partial charge in [0.15, 0.2) is 0 Å². The molecule has 1 N–H and O–H groups in total. The predicted octanol–water partition coefficient (Wildman–Crippen LogP) is 2.93. The first-order chi connectivity index (χ1) is 11.6. The van der Waals surface area contributed by atoms with Crippen molar-refractivity contribution in [2.45, 2.75) is 13.0 Å². The summed E-state index contributed by atoms with van der Waals surface area (Å²) in [5, 5.41) is 3.16. The minimum atomic E-state index is -0.377. The molecule has 5 heteroatoms. The Labute approximate surface area is 142 Å². The molecule has 0 radical (unpaired) electrons. The summed E-state index contributed by atoms with van der Waals surface area (Å²) in [5.74, 6) is -0.312. The summed E-state index contributed by atoms with van der Waals surface area (Å²) >= 11 is 0. The zero-order chi connectivity index (χ0) is 17.4. The number of ether oxygens (including phenoxy) is 1. The molecule has 0 aromatic heterocycles. The Morgan fingerprint density at radius 2 is 1.83 bits per heavy atom. The zero-order valence-corrected chi connectivity index (χ0v) is 14.0. The summed E-state index contributed by atoms with van der Waals surface area (Å²) in [7, 11) is 3.15. The molecule has 126 valence electrons. The molecule has 2 rings (SSSR count). The minimum Gasteiger partial charge on any atom is -0.465 e. The maximum Gasteiger partial charge on any atom is 0.337 e. The van der Waals surface area contributed by atoms with Crippen molar-refractivity contribution in [3.05, 3.63) is 65.7 Å². The number of amides is 1. The molecule has 0 heterocycles. The molecule has 2 aromatic rings. The van der Waals surface area contributed by atoms with Gasteiger partial charge in [-0.3, -0.25) is 4.79 Å². The molecule has 0 fully saturated rings. The Bertz CT molecular complexity index is 686. The number of carbonyl (C=O) groups excluding carboxylic acids is 2. The number of benzene rings is 2. The summed E-state index contributed by atoms with van der Waals surface area (Å²) < 4.78 is 4.69. The molecule has 0 saturated carbocycles. The molecule has 0 aliphatic carbocycles. The van der Waals surface area contributed by atoms with Crippen LogP contribution in [-0.2, 0) is 16.1 Å². The number of nitrogens with zero attached hydrogens (tertiary/aromatic N) is 1. The molecule has 5 nitrogen and oxygen atoms in total. The van der Waals surface area contributed by atoms with Crippen molar-refractivity contribution in [3.63, 3.8) is 0 Å². The molecule has 0 unspecified atom stereocenters. The van der Waals surface area contributed by atoms with Gasteiger partial charge in [-0.05, 0) is 23.8 Å². The third-order valence-corrected chi connectivity index (χ3v) is 3.64. The lowest BCUT2D eigenvalue weighted by Gasteiger charge is -2.17. The highest BCUT2D eigenvalue weighted by Gasteiger charge is 2.09. The van der Waals surface area contributed by atoms with E-state index in [1.54, 1.807) is 30.1 Å². The Hall–Kier alpha value is -2.82. The Kier molecular flexibility index (Phi) is 6.37. The van der Waals surface area contributed by atoms with E-state index in [9.17, 15) is 9.59 Å². The van der Waals surface area contributed by atoms with Crippen LogP contribution < -0.4 is 5.32 Å².